The number of aryl methyl sites for hydroxylation is 1. The summed E-state index contributed by atoms with van der Waals surface area (Å²) in [6.45, 7) is 6.11. The third kappa shape index (κ3) is 3.93. The van der Waals surface area contributed by atoms with Gasteiger partial charge in [-0.15, -0.1) is 0 Å². The second-order valence-corrected chi connectivity index (χ2v) is 8.87. The van der Waals surface area contributed by atoms with Crippen LogP contribution in [0.3, 0.4) is 0 Å². The number of amides is 1. The van der Waals surface area contributed by atoms with Gasteiger partial charge in [-0.25, -0.2) is 0 Å². The number of benzene rings is 1. The molecule has 3 rings (SSSR count). The number of rotatable bonds is 5. The summed E-state index contributed by atoms with van der Waals surface area (Å²) in [4.78, 5) is 12.7. The molecule has 1 aliphatic heterocycles. The first kappa shape index (κ1) is 21.8. The fraction of sp³-hybridized carbons (Fsp3) is 0.636. The van der Waals surface area contributed by atoms with Gasteiger partial charge in [-0.05, 0) is 42.6 Å². The minimum absolute atomic E-state index is 0.0321. The zero-order valence-electron chi connectivity index (χ0n) is 17.2. The van der Waals surface area contributed by atoms with Crippen molar-refractivity contribution in [3.63, 3.8) is 0 Å². The molecule has 3 atom stereocenters. The first-order valence-corrected chi connectivity index (χ1v) is 10.2. The molecule has 0 unspecified atom stereocenters. The summed E-state index contributed by atoms with van der Waals surface area (Å²) in [6, 6.07) is 9.09. The minimum Gasteiger partial charge on any atom is -0.362 e. The van der Waals surface area contributed by atoms with E-state index >= 15 is 0 Å². The lowest BCUT2D eigenvalue weighted by Crippen LogP contribution is -2.62. The number of carbonyl (C=O) groups is 1. The van der Waals surface area contributed by atoms with Crippen molar-refractivity contribution in [2.24, 2.45) is 22.4 Å². The van der Waals surface area contributed by atoms with Crippen LogP contribution in [0, 0.1) is 17.3 Å². The quantitative estimate of drug-likeness (QED) is 0.749. The number of hydrogen-bond acceptors (Lipinski definition) is 3. The van der Waals surface area contributed by atoms with Gasteiger partial charge in [-0.3, -0.25) is 4.79 Å². The van der Waals surface area contributed by atoms with Crippen molar-refractivity contribution in [2.45, 2.75) is 71.2 Å². The van der Waals surface area contributed by atoms with Gasteiger partial charge in [-0.1, -0.05) is 57.5 Å². The lowest BCUT2D eigenvalue weighted by Gasteiger charge is -2.43. The molecule has 7 heteroatoms. The summed E-state index contributed by atoms with van der Waals surface area (Å²) in [5, 5.41) is 15.2. The molecule has 29 heavy (non-hydrogen) atoms. The number of aliphatic hydroxyl groups is 1. The zero-order valence-corrected chi connectivity index (χ0v) is 17.2. The van der Waals surface area contributed by atoms with Gasteiger partial charge in [0.15, 0.2) is 0 Å². The van der Waals surface area contributed by atoms with E-state index in [2.05, 4.69) is 5.10 Å². The van der Waals surface area contributed by atoms with Crippen LogP contribution >= 0.6 is 0 Å². The van der Waals surface area contributed by atoms with Crippen LogP contribution in [0.5, 0.6) is 0 Å². The van der Waals surface area contributed by atoms with Crippen molar-refractivity contribution in [2.75, 3.05) is 0 Å². The number of alkyl halides is 3. The molecule has 1 amide bonds. The summed E-state index contributed by atoms with van der Waals surface area (Å²) in [5.41, 5.74) is -2.26. The van der Waals surface area contributed by atoms with E-state index in [0.29, 0.717) is 23.6 Å². The van der Waals surface area contributed by atoms with Crippen molar-refractivity contribution in [1.29, 1.82) is 0 Å². The highest BCUT2D eigenvalue weighted by molar-refractivity contribution is 5.93. The maximum atomic E-state index is 14.1. The molecule has 160 valence electrons. The van der Waals surface area contributed by atoms with Crippen LogP contribution in [0.2, 0.25) is 0 Å². The molecule has 0 saturated heterocycles. The Morgan fingerprint density at radius 1 is 1.28 bits per heavy atom. The standard InChI is InChI=1S/C22H29F3N2O2/c1-4-20(2,3)16-11-12-18-17(14-16)21(29,22(23,24)25)27(26-18)19(28)13-10-15-8-6-5-7-9-15/h5-9,16-17,29H,4,10-14H2,1-3H3/t16-,17-,21-/m1/s1. The Bertz CT molecular complexity index is 776. The van der Waals surface area contributed by atoms with Gasteiger partial charge < -0.3 is 5.11 Å². The third-order valence-corrected chi connectivity index (χ3v) is 6.85. The van der Waals surface area contributed by atoms with Crippen molar-refractivity contribution >= 4 is 11.6 Å². The average Bonchev–Trinajstić information content (AvgIpc) is 3.00. The van der Waals surface area contributed by atoms with Crippen molar-refractivity contribution in [1.82, 2.24) is 5.01 Å². The Hall–Kier alpha value is -1.89. The molecule has 1 aromatic carbocycles. The molecule has 1 N–H and O–H groups in total. The van der Waals surface area contributed by atoms with Gasteiger partial charge in [0.25, 0.3) is 5.72 Å². The van der Waals surface area contributed by atoms with Gasteiger partial charge in [0.2, 0.25) is 5.91 Å². The minimum atomic E-state index is -4.98. The van der Waals surface area contributed by atoms with E-state index in [1.165, 1.54) is 0 Å². The number of carbonyl (C=O) groups excluding carboxylic acids is 1. The van der Waals surface area contributed by atoms with Crippen LogP contribution in [0.1, 0.15) is 58.4 Å². The molecule has 1 aromatic rings. The molecule has 1 aliphatic carbocycles. The van der Waals surface area contributed by atoms with E-state index in [0.717, 1.165) is 18.4 Å². The maximum absolute atomic E-state index is 14.1. The predicted octanol–water partition coefficient (Wildman–Crippen LogP) is 4.92. The number of hydrazone groups is 1. The van der Waals surface area contributed by atoms with Crippen LogP contribution in [-0.2, 0) is 11.2 Å². The topological polar surface area (TPSA) is 52.9 Å². The van der Waals surface area contributed by atoms with Crippen molar-refractivity contribution in [3.8, 4) is 0 Å². The average molecular weight is 410 g/mol. The fourth-order valence-electron chi connectivity index (χ4n) is 4.47. The Labute approximate surface area is 169 Å². The molecule has 0 radical (unpaired) electrons. The van der Waals surface area contributed by atoms with E-state index in [4.69, 9.17) is 0 Å². The molecule has 0 aromatic heterocycles. The summed E-state index contributed by atoms with van der Waals surface area (Å²) in [5.74, 6) is -1.97. The molecule has 1 fully saturated rings. The SMILES string of the molecule is CCC(C)(C)[C@@H]1CCC2=NN(C(=O)CCc3ccccc3)[C@](O)(C(F)(F)F)[C@@H]2C1. The van der Waals surface area contributed by atoms with E-state index < -0.39 is 23.7 Å². The summed E-state index contributed by atoms with van der Waals surface area (Å²) in [6.07, 6.45) is -2.72. The zero-order chi connectivity index (χ0) is 21.4. The molecule has 0 bridgehead atoms. The Balaban J connectivity index is 1.84. The summed E-state index contributed by atoms with van der Waals surface area (Å²) < 4.78 is 42.2. The van der Waals surface area contributed by atoms with Crippen molar-refractivity contribution in [3.05, 3.63) is 35.9 Å². The van der Waals surface area contributed by atoms with E-state index in [1.807, 2.05) is 51.1 Å². The van der Waals surface area contributed by atoms with Gasteiger partial charge in [-0.2, -0.15) is 23.3 Å². The van der Waals surface area contributed by atoms with E-state index in [1.54, 1.807) is 0 Å². The highest BCUT2D eigenvalue weighted by Crippen LogP contribution is 2.52. The second-order valence-electron chi connectivity index (χ2n) is 8.87. The molecule has 0 spiro atoms. The number of fused-ring (bicyclic) bond motifs is 1. The highest BCUT2D eigenvalue weighted by atomic mass is 19.4. The number of hydrogen-bond donors (Lipinski definition) is 1. The number of halogens is 3. The maximum Gasteiger partial charge on any atom is 0.439 e. The van der Waals surface area contributed by atoms with E-state index in [9.17, 15) is 23.1 Å². The predicted molar refractivity (Wildman–Crippen MR) is 105 cm³/mol. The van der Waals surface area contributed by atoms with Crippen molar-refractivity contribution < 1.29 is 23.1 Å². The van der Waals surface area contributed by atoms with Crippen LogP contribution in [0.25, 0.3) is 0 Å². The molecule has 1 saturated carbocycles. The van der Waals surface area contributed by atoms with Gasteiger partial charge >= 0.3 is 6.18 Å². The van der Waals surface area contributed by atoms with Gasteiger partial charge in [0.05, 0.1) is 5.92 Å². The highest BCUT2D eigenvalue weighted by Gasteiger charge is 2.69. The number of nitrogens with zero attached hydrogens (tertiary/aromatic N) is 2. The van der Waals surface area contributed by atoms with Crippen LogP contribution in [0.15, 0.2) is 35.4 Å². The largest absolute Gasteiger partial charge is 0.439 e. The smallest absolute Gasteiger partial charge is 0.362 e. The second kappa shape index (κ2) is 7.74. The van der Waals surface area contributed by atoms with Crippen LogP contribution in [-0.4, -0.2) is 33.6 Å². The summed E-state index contributed by atoms with van der Waals surface area (Å²) in [7, 11) is 0. The normalized spacial score (nSPS) is 27.6. The van der Waals surface area contributed by atoms with E-state index in [-0.39, 0.29) is 24.2 Å². The third-order valence-electron chi connectivity index (χ3n) is 6.85. The Kier molecular flexibility index (Phi) is 5.82. The van der Waals surface area contributed by atoms with Gasteiger partial charge in [0, 0.05) is 12.1 Å². The Morgan fingerprint density at radius 2 is 1.93 bits per heavy atom. The molecule has 4 nitrogen and oxygen atoms in total. The van der Waals surface area contributed by atoms with Crippen LogP contribution in [0.4, 0.5) is 13.2 Å². The Morgan fingerprint density at radius 3 is 2.52 bits per heavy atom. The molecular formula is C22H29F3N2O2. The monoisotopic (exact) mass is 410 g/mol. The van der Waals surface area contributed by atoms with Crippen LogP contribution < -0.4 is 0 Å². The lowest BCUT2D eigenvalue weighted by atomic mass is 9.64. The first-order chi connectivity index (χ1) is 13.5. The molecule has 2 aliphatic rings. The molecule has 1 heterocycles. The first-order valence-electron chi connectivity index (χ1n) is 10.2. The fourth-order valence-corrected chi connectivity index (χ4v) is 4.47. The summed E-state index contributed by atoms with van der Waals surface area (Å²) >= 11 is 0. The van der Waals surface area contributed by atoms with Gasteiger partial charge in [0.1, 0.15) is 0 Å². The lowest BCUT2D eigenvalue weighted by molar-refractivity contribution is -0.318. The molecular weight excluding hydrogens is 381 g/mol.